The number of benzene rings is 2. The predicted octanol–water partition coefficient (Wildman–Crippen LogP) is 3.34. The van der Waals surface area contributed by atoms with Gasteiger partial charge in [-0.1, -0.05) is 29.8 Å². The van der Waals surface area contributed by atoms with Gasteiger partial charge in [0.25, 0.3) is 15.9 Å². The number of hydrogen-bond donors (Lipinski definition) is 2. The summed E-state index contributed by atoms with van der Waals surface area (Å²) in [5.41, 5.74) is 2.25. The Morgan fingerprint density at radius 1 is 0.938 bits per heavy atom. The van der Waals surface area contributed by atoms with Gasteiger partial charge in [0.15, 0.2) is 5.76 Å². The van der Waals surface area contributed by atoms with Crippen molar-refractivity contribution in [3.63, 3.8) is 0 Å². The summed E-state index contributed by atoms with van der Waals surface area (Å²) in [6, 6.07) is 15.3. The zero-order chi connectivity index (χ0) is 23.0. The fourth-order valence-electron chi connectivity index (χ4n) is 3.48. The Morgan fingerprint density at radius 2 is 1.66 bits per heavy atom. The predicted molar refractivity (Wildman–Crippen MR) is 119 cm³/mol. The molecule has 4 rings (SSSR count). The SMILES string of the molecule is Cc1ccc(C2=C(O)C(=O)N(c3ccc(S(=O)(=O)Nc4ccccn4)cc3)C2=O)c(C)c1. The number of rotatable bonds is 5. The van der Waals surface area contributed by atoms with Crippen molar-refractivity contribution in [3.8, 4) is 0 Å². The Bertz CT molecular complexity index is 1360. The minimum absolute atomic E-state index is 0.0715. The van der Waals surface area contributed by atoms with Gasteiger partial charge in [-0.2, -0.15) is 0 Å². The monoisotopic (exact) mass is 449 g/mol. The van der Waals surface area contributed by atoms with Crippen molar-refractivity contribution in [2.45, 2.75) is 18.7 Å². The van der Waals surface area contributed by atoms with Gasteiger partial charge in [0.1, 0.15) is 5.82 Å². The molecular formula is C23H19N3O5S. The molecule has 1 aliphatic heterocycles. The van der Waals surface area contributed by atoms with E-state index < -0.39 is 27.6 Å². The van der Waals surface area contributed by atoms with Gasteiger partial charge in [-0.05, 0) is 61.4 Å². The van der Waals surface area contributed by atoms with Crippen LogP contribution in [0.3, 0.4) is 0 Å². The largest absolute Gasteiger partial charge is 0.502 e. The molecule has 32 heavy (non-hydrogen) atoms. The van der Waals surface area contributed by atoms with E-state index in [0.717, 1.165) is 16.0 Å². The summed E-state index contributed by atoms with van der Waals surface area (Å²) in [5.74, 6) is -2.03. The molecule has 0 radical (unpaired) electrons. The van der Waals surface area contributed by atoms with Crippen LogP contribution in [0.25, 0.3) is 5.57 Å². The molecule has 0 unspecified atom stereocenters. The smallest absolute Gasteiger partial charge is 0.301 e. The fourth-order valence-corrected chi connectivity index (χ4v) is 4.49. The van der Waals surface area contributed by atoms with E-state index in [0.29, 0.717) is 5.56 Å². The standard InChI is InChI=1S/C23H19N3O5S/c1-14-6-11-18(15(2)13-14)20-21(27)23(29)26(22(20)28)16-7-9-17(10-8-16)32(30,31)25-19-5-3-4-12-24-19/h3-13,27H,1-2H3,(H,24,25). The Kier molecular flexibility index (Phi) is 5.27. The second kappa shape index (κ2) is 7.93. The van der Waals surface area contributed by atoms with Gasteiger partial charge >= 0.3 is 5.91 Å². The van der Waals surface area contributed by atoms with Crippen LogP contribution in [-0.4, -0.2) is 30.3 Å². The zero-order valence-corrected chi connectivity index (χ0v) is 18.1. The molecular weight excluding hydrogens is 430 g/mol. The number of amides is 2. The van der Waals surface area contributed by atoms with Gasteiger partial charge < -0.3 is 5.11 Å². The fraction of sp³-hybridized carbons (Fsp3) is 0.0870. The summed E-state index contributed by atoms with van der Waals surface area (Å²) in [5, 5.41) is 10.4. The van der Waals surface area contributed by atoms with Crippen LogP contribution in [-0.2, 0) is 19.6 Å². The summed E-state index contributed by atoms with van der Waals surface area (Å²) in [7, 11) is -3.92. The van der Waals surface area contributed by atoms with Crippen molar-refractivity contribution in [1.29, 1.82) is 0 Å². The van der Waals surface area contributed by atoms with Crippen LogP contribution in [0.4, 0.5) is 11.5 Å². The van der Waals surface area contributed by atoms with E-state index in [1.165, 1.54) is 36.5 Å². The summed E-state index contributed by atoms with van der Waals surface area (Å²) < 4.78 is 27.5. The molecule has 2 heterocycles. The third-order valence-electron chi connectivity index (χ3n) is 5.02. The highest BCUT2D eigenvalue weighted by Gasteiger charge is 2.40. The van der Waals surface area contributed by atoms with Gasteiger partial charge in [0, 0.05) is 6.20 Å². The number of hydrogen-bond acceptors (Lipinski definition) is 6. The topological polar surface area (TPSA) is 117 Å². The maximum Gasteiger partial charge on any atom is 0.301 e. The molecule has 2 N–H and O–H groups in total. The molecule has 8 nitrogen and oxygen atoms in total. The molecule has 0 saturated heterocycles. The summed E-state index contributed by atoms with van der Waals surface area (Å²) in [6.45, 7) is 3.69. The lowest BCUT2D eigenvalue weighted by atomic mass is 9.98. The number of carbonyl (C=O) groups excluding carboxylic acids is 2. The molecule has 9 heteroatoms. The first kappa shape index (κ1) is 21.3. The molecule has 1 aromatic heterocycles. The van der Waals surface area contributed by atoms with E-state index in [-0.39, 0.29) is 22.0 Å². The molecule has 0 bridgehead atoms. The summed E-state index contributed by atoms with van der Waals surface area (Å²) >= 11 is 0. The average Bonchev–Trinajstić information content (AvgIpc) is 2.97. The number of pyridine rings is 1. The lowest BCUT2D eigenvalue weighted by Crippen LogP contribution is -2.31. The van der Waals surface area contributed by atoms with Crippen molar-refractivity contribution in [2.75, 3.05) is 9.62 Å². The van der Waals surface area contributed by atoms with E-state index >= 15 is 0 Å². The van der Waals surface area contributed by atoms with Crippen molar-refractivity contribution in [2.24, 2.45) is 0 Å². The number of aliphatic hydroxyl groups excluding tert-OH is 1. The average molecular weight is 449 g/mol. The van der Waals surface area contributed by atoms with Gasteiger partial charge in [0.05, 0.1) is 16.2 Å². The molecule has 0 saturated carbocycles. The highest BCUT2D eigenvalue weighted by atomic mass is 32.2. The minimum Gasteiger partial charge on any atom is -0.502 e. The third kappa shape index (κ3) is 3.74. The highest BCUT2D eigenvalue weighted by molar-refractivity contribution is 7.92. The van der Waals surface area contributed by atoms with Gasteiger partial charge in [-0.15, -0.1) is 0 Å². The van der Waals surface area contributed by atoms with Crippen LogP contribution in [0.15, 0.2) is 77.5 Å². The highest BCUT2D eigenvalue weighted by Crippen LogP contribution is 2.34. The Labute approximate surface area is 184 Å². The number of aliphatic hydroxyl groups is 1. The second-order valence-electron chi connectivity index (χ2n) is 7.30. The van der Waals surface area contributed by atoms with E-state index in [1.54, 1.807) is 31.2 Å². The van der Waals surface area contributed by atoms with Gasteiger partial charge in [-0.3, -0.25) is 14.3 Å². The lowest BCUT2D eigenvalue weighted by molar-refractivity contribution is -0.121. The van der Waals surface area contributed by atoms with Crippen LogP contribution >= 0.6 is 0 Å². The number of nitrogens with zero attached hydrogens (tertiary/aromatic N) is 2. The number of nitrogens with one attached hydrogen (secondary N) is 1. The number of carbonyl (C=O) groups is 2. The van der Waals surface area contributed by atoms with E-state index in [4.69, 9.17) is 0 Å². The maximum atomic E-state index is 13.0. The molecule has 0 atom stereocenters. The minimum atomic E-state index is -3.92. The van der Waals surface area contributed by atoms with E-state index in [1.807, 2.05) is 13.0 Å². The maximum absolute atomic E-state index is 13.0. The Morgan fingerprint density at radius 3 is 2.28 bits per heavy atom. The van der Waals surface area contributed by atoms with Crippen LogP contribution < -0.4 is 9.62 Å². The first-order valence-corrected chi connectivity index (χ1v) is 11.1. The molecule has 0 fully saturated rings. The zero-order valence-electron chi connectivity index (χ0n) is 17.2. The molecule has 3 aromatic rings. The van der Waals surface area contributed by atoms with Crippen molar-refractivity contribution in [3.05, 3.63) is 89.3 Å². The van der Waals surface area contributed by atoms with Gasteiger partial charge in [-0.25, -0.2) is 18.3 Å². The number of aromatic nitrogens is 1. The second-order valence-corrected chi connectivity index (χ2v) is 8.98. The number of aryl methyl sites for hydroxylation is 2. The summed E-state index contributed by atoms with van der Waals surface area (Å²) in [6.07, 6.45) is 1.46. The number of anilines is 2. The van der Waals surface area contributed by atoms with Crippen molar-refractivity contribution in [1.82, 2.24) is 4.98 Å². The lowest BCUT2D eigenvalue weighted by Gasteiger charge is -2.16. The summed E-state index contributed by atoms with van der Waals surface area (Å²) in [4.78, 5) is 30.4. The molecule has 0 aliphatic carbocycles. The van der Waals surface area contributed by atoms with Gasteiger partial charge in [0.2, 0.25) is 0 Å². The molecule has 1 aliphatic rings. The number of sulfonamides is 1. The molecule has 0 spiro atoms. The van der Waals surface area contributed by atoms with Crippen molar-refractivity contribution >= 4 is 38.9 Å². The quantitative estimate of drug-likeness (QED) is 0.577. The van der Waals surface area contributed by atoms with Crippen molar-refractivity contribution < 1.29 is 23.1 Å². The molecule has 162 valence electrons. The van der Waals surface area contributed by atoms with Crippen LogP contribution in [0.1, 0.15) is 16.7 Å². The normalized spacial score (nSPS) is 14.2. The third-order valence-corrected chi connectivity index (χ3v) is 6.39. The van der Waals surface area contributed by atoms with Crippen LogP contribution in [0.5, 0.6) is 0 Å². The van der Waals surface area contributed by atoms with Crippen LogP contribution in [0.2, 0.25) is 0 Å². The Balaban J connectivity index is 1.62. The van der Waals surface area contributed by atoms with E-state index in [9.17, 15) is 23.1 Å². The van der Waals surface area contributed by atoms with E-state index in [2.05, 4.69) is 9.71 Å². The first-order chi connectivity index (χ1) is 15.2. The molecule has 2 aromatic carbocycles. The number of imide groups is 1. The Hall–Kier alpha value is -3.98. The molecule has 2 amide bonds. The first-order valence-electron chi connectivity index (χ1n) is 9.62. The van der Waals surface area contributed by atoms with Crippen LogP contribution in [0, 0.1) is 13.8 Å².